The van der Waals surface area contributed by atoms with Gasteiger partial charge in [-0.2, -0.15) is 0 Å². The summed E-state index contributed by atoms with van der Waals surface area (Å²) in [6, 6.07) is 11.7. The van der Waals surface area contributed by atoms with E-state index in [9.17, 15) is 9.90 Å². The number of aryl methyl sites for hydroxylation is 1. The van der Waals surface area contributed by atoms with E-state index in [0.717, 1.165) is 32.3 Å². The summed E-state index contributed by atoms with van der Waals surface area (Å²) in [6.45, 7) is 4.58. The number of phenolic OH excluding ortho intramolecular Hbond substituents is 1. The third kappa shape index (κ3) is 2.60. The molecule has 0 saturated carbocycles. The van der Waals surface area contributed by atoms with Gasteiger partial charge in [0.05, 0.1) is 10.9 Å². The Balaban J connectivity index is 2.08. The molecule has 4 N–H and O–H groups in total. The Morgan fingerprint density at radius 1 is 1.23 bits per heavy atom. The molecule has 2 aromatic carbocycles. The Kier molecular flexibility index (Phi) is 4.05. The zero-order valence-corrected chi connectivity index (χ0v) is 15.5. The molecule has 2 heterocycles. The molecule has 5 heteroatoms. The quantitative estimate of drug-likeness (QED) is 0.501. The molecule has 4 nitrogen and oxygen atoms in total. The van der Waals surface area contributed by atoms with Gasteiger partial charge in [-0.1, -0.05) is 31.2 Å². The van der Waals surface area contributed by atoms with Gasteiger partial charge in [-0.3, -0.25) is 4.79 Å². The van der Waals surface area contributed by atoms with Crippen LogP contribution < -0.4 is 11.3 Å². The van der Waals surface area contributed by atoms with Crippen LogP contribution in [0.3, 0.4) is 0 Å². The molecule has 2 aromatic heterocycles. The van der Waals surface area contributed by atoms with Crippen molar-refractivity contribution < 1.29 is 5.11 Å². The molecule has 26 heavy (non-hydrogen) atoms. The van der Waals surface area contributed by atoms with Gasteiger partial charge in [-0.15, -0.1) is 11.3 Å². The minimum atomic E-state index is -0.102. The number of hydrogen-bond acceptors (Lipinski definition) is 4. The SMILES string of the molecule is Cc1cc(O)cc2c1[nH]c(=O)c1csc(-c3cccc(C(C)CN)c3)c12. The van der Waals surface area contributed by atoms with Crippen molar-refractivity contribution in [3.05, 3.63) is 63.3 Å². The number of thiophene rings is 1. The van der Waals surface area contributed by atoms with Crippen molar-refractivity contribution in [2.75, 3.05) is 6.54 Å². The average molecular weight is 364 g/mol. The molecule has 4 aromatic rings. The number of phenols is 1. The predicted molar refractivity (Wildman–Crippen MR) is 109 cm³/mol. The number of nitrogens with two attached hydrogens (primary N) is 1. The van der Waals surface area contributed by atoms with E-state index >= 15 is 0 Å². The van der Waals surface area contributed by atoms with Gasteiger partial charge in [0, 0.05) is 21.0 Å². The van der Waals surface area contributed by atoms with Crippen molar-refractivity contribution in [3.8, 4) is 16.2 Å². The van der Waals surface area contributed by atoms with E-state index in [1.54, 1.807) is 23.5 Å². The monoisotopic (exact) mass is 364 g/mol. The number of aromatic hydroxyl groups is 1. The highest BCUT2D eigenvalue weighted by molar-refractivity contribution is 7.15. The second-order valence-electron chi connectivity index (χ2n) is 6.76. The van der Waals surface area contributed by atoms with Crippen molar-refractivity contribution in [2.45, 2.75) is 19.8 Å². The number of aromatic nitrogens is 1. The zero-order valence-electron chi connectivity index (χ0n) is 14.7. The molecule has 0 radical (unpaired) electrons. The van der Waals surface area contributed by atoms with Gasteiger partial charge in [0.15, 0.2) is 0 Å². The van der Waals surface area contributed by atoms with Gasteiger partial charge >= 0.3 is 0 Å². The van der Waals surface area contributed by atoms with E-state index in [0.29, 0.717) is 11.9 Å². The Labute approximate surface area is 154 Å². The van der Waals surface area contributed by atoms with Crippen LogP contribution in [0.15, 0.2) is 46.6 Å². The normalized spacial score (nSPS) is 12.7. The van der Waals surface area contributed by atoms with Gasteiger partial charge < -0.3 is 15.8 Å². The fourth-order valence-electron chi connectivity index (χ4n) is 3.44. The summed E-state index contributed by atoms with van der Waals surface area (Å²) in [5.74, 6) is 0.471. The van der Waals surface area contributed by atoms with Crippen LogP contribution in [-0.4, -0.2) is 16.6 Å². The van der Waals surface area contributed by atoms with Crippen molar-refractivity contribution in [3.63, 3.8) is 0 Å². The number of hydrogen-bond donors (Lipinski definition) is 3. The van der Waals surface area contributed by atoms with Crippen molar-refractivity contribution >= 4 is 33.0 Å². The van der Waals surface area contributed by atoms with Crippen LogP contribution in [0.2, 0.25) is 0 Å². The van der Waals surface area contributed by atoms with Gasteiger partial charge in [0.25, 0.3) is 5.56 Å². The Bertz CT molecular complexity index is 1190. The number of rotatable bonds is 3. The highest BCUT2D eigenvalue weighted by Gasteiger charge is 2.16. The van der Waals surface area contributed by atoms with Crippen LogP contribution >= 0.6 is 11.3 Å². The molecule has 1 atom stereocenters. The predicted octanol–water partition coefficient (Wildman–Crippen LogP) is 4.49. The minimum Gasteiger partial charge on any atom is -0.508 e. The van der Waals surface area contributed by atoms with Gasteiger partial charge in [-0.25, -0.2) is 0 Å². The Morgan fingerprint density at radius 3 is 2.81 bits per heavy atom. The topological polar surface area (TPSA) is 79.1 Å². The van der Waals surface area contributed by atoms with Crippen LogP contribution in [0.1, 0.15) is 24.0 Å². The molecular formula is C21H20N2O2S. The highest BCUT2D eigenvalue weighted by atomic mass is 32.1. The summed E-state index contributed by atoms with van der Waals surface area (Å²) in [5, 5.41) is 14.4. The van der Waals surface area contributed by atoms with E-state index < -0.39 is 0 Å². The summed E-state index contributed by atoms with van der Waals surface area (Å²) < 4.78 is 0. The number of H-pyrrole nitrogens is 1. The molecule has 0 spiro atoms. The van der Waals surface area contributed by atoms with Crippen LogP contribution in [0.25, 0.3) is 32.1 Å². The Morgan fingerprint density at radius 2 is 2.04 bits per heavy atom. The maximum Gasteiger partial charge on any atom is 0.257 e. The molecule has 0 amide bonds. The number of pyridine rings is 1. The summed E-state index contributed by atoms with van der Waals surface area (Å²) in [5.41, 5.74) is 9.58. The molecule has 0 aliphatic rings. The van der Waals surface area contributed by atoms with Crippen molar-refractivity contribution in [2.24, 2.45) is 5.73 Å². The van der Waals surface area contributed by atoms with E-state index in [1.165, 1.54) is 5.56 Å². The molecule has 132 valence electrons. The lowest BCUT2D eigenvalue weighted by Crippen LogP contribution is -2.08. The highest BCUT2D eigenvalue weighted by Crippen LogP contribution is 2.39. The largest absolute Gasteiger partial charge is 0.508 e. The van der Waals surface area contributed by atoms with E-state index in [-0.39, 0.29) is 17.2 Å². The van der Waals surface area contributed by atoms with Crippen LogP contribution in [0, 0.1) is 6.92 Å². The number of aromatic amines is 1. The molecular weight excluding hydrogens is 344 g/mol. The third-order valence-corrected chi connectivity index (χ3v) is 5.96. The molecule has 4 rings (SSSR count). The number of nitrogens with one attached hydrogen (secondary N) is 1. The van der Waals surface area contributed by atoms with Crippen molar-refractivity contribution in [1.82, 2.24) is 4.98 Å². The molecule has 0 aliphatic carbocycles. The molecule has 0 fully saturated rings. The first-order valence-electron chi connectivity index (χ1n) is 8.56. The van der Waals surface area contributed by atoms with Gasteiger partial charge in [0.1, 0.15) is 5.75 Å². The number of fused-ring (bicyclic) bond motifs is 3. The standard InChI is InChI=1S/C21H20N2O2S/c1-11-6-15(24)8-16-18-17(21(25)23-19(11)16)10-26-20(18)14-5-3-4-13(7-14)12(2)9-22/h3-8,10,12,24H,9,22H2,1-2H3,(H,23,25). The molecule has 0 saturated heterocycles. The Hall–Kier alpha value is -2.63. The minimum absolute atomic E-state index is 0.102. The first-order valence-corrected chi connectivity index (χ1v) is 9.44. The second kappa shape index (κ2) is 6.27. The lowest BCUT2D eigenvalue weighted by molar-refractivity contribution is 0.476. The maximum absolute atomic E-state index is 12.6. The summed E-state index contributed by atoms with van der Waals surface area (Å²) >= 11 is 1.55. The van der Waals surface area contributed by atoms with E-state index in [4.69, 9.17) is 5.73 Å². The van der Waals surface area contributed by atoms with Crippen molar-refractivity contribution in [1.29, 1.82) is 0 Å². The molecule has 1 unspecified atom stereocenters. The fourth-order valence-corrected chi connectivity index (χ4v) is 4.50. The summed E-state index contributed by atoms with van der Waals surface area (Å²) in [7, 11) is 0. The summed E-state index contributed by atoms with van der Waals surface area (Å²) in [6.07, 6.45) is 0. The second-order valence-corrected chi connectivity index (χ2v) is 7.63. The summed E-state index contributed by atoms with van der Waals surface area (Å²) in [4.78, 5) is 16.6. The van der Waals surface area contributed by atoms with Crippen LogP contribution in [0.5, 0.6) is 5.75 Å². The van der Waals surface area contributed by atoms with Crippen LogP contribution in [-0.2, 0) is 0 Å². The van der Waals surface area contributed by atoms with E-state index in [1.807, 2.05) is 18.4 Å². The fraction of sp³-hybridized carbons (Fsp3) is 0.190. The first kappa shape index (κ1) is 16.8. The maximum atomic E-state index is 12.6. The number of benzene rings is 2. The van der Waals surface area contributed by atoms with Gasteiger partial charge in [-0.05, 0) is 48.2 Å². The first-order chi connectivity index (χ1) is 12.5. The van der Waals surface area contributed by atoms with Crippen LogP contribution in [0.4, 0.5) is 0 Å². The smallest absolute Gasteiger partial charge is 0.257 e. The molecule has 0 aliphatic heterocycles. The lowest BCUT2D eigenvalue weighted by Gasteiger charge is -2.11. The average Bonchev–Trinajstić information content (AvgIpc) is 3.08. The zero-order chi connectivity index (χ0) is 18.4. The lowest BCUT2D eigenvalue weighted by atomic mass is 9.97. The van der Waals surface area contributed by atoms with Gasteiger partial charge in [0.2, 0.25) is 0 Å². The third-order valence-electron chi connectivity index (χ3n) is 4.94. The molecule has 0 bridgehead atoms. The van der Waals surface area contributed by atoms with E-state index in [2.05, 4.69) is 30.1 Å².